The van der Waals surface area contributed by atoms with Crippen LogP contribution in [-0.4, -0.2) is 22.8 Å². The van der Waals surface area contributed by atoms with Gasteiger partial charge in [0, 0.05) is 0 Å². The summed E-state index contributed by atoms with van der Waals surface area (Å²) in [5.41, 5.74) is 0.554. The van der Waals surface area contributed by atoms with Gasteiger partial charge in [-0.25, -0.2) is 9.97 Å². The summed E-state index contributed by atoms with van der Waals surface area (Å²) in [5.74, 6) is 0.135. The lowest BCUT2D eigenvalue weighted by molar-refractivity contribution is -0.139. The van der Waals surface area contributed by atoms with Gasteiger partial charge in [0.25, 0.3) is 0 Å². The molecule has 0 N–H and O–H groups in total. The van der Waals surface area contributed by atoms with Gasteiger partial charge in [-0.3, -0.25) is 0 Å². The van der Waals surface area contributed by atoms with Crippen molar-refractivity contribution in [2.24, 2.45) is 0 Å². The molecular weight excluding hydrogens is 257 g/mol. The third kappa shape index (κ3) is 4.77. The molecule has 1 aromatic heterocycles. The van der Waals surface area contributed by atoms with Crippen LogP contribution in [0.15, 0.2) is 6.33 Å². The molecule has 3 nitrogen and oxygen atoms in total. The average molecular weight is 269 g/mol. The Kier molecular flexibility index (Phi) is 4.99. The number of alkyl halides is 3. The van der Waals surface area contributed by atoms with Crippen LogP contribution in [0.4, 0.5) is 13.2 Å². The molecule has 1 heterocycles. The second kappa shape index (κ2) is 6.05. The smallest absolute Gasteiger partial charge is 0.392 e. The van der Waals surface area contributed by atoms with Gasteiger partial charge in [0.05, 0.1) is 18.6 Å². The van der Waals surface area contributed by atoms with Crippen LogP contribution in [0.1, 0.15) is 25.3 Å². The summed E-state index contributed by atoms with van der Waals surface area (Å²) < 4.78 is 40.8. The third-order valence-electron chi connectivity index (χ3n) is 1.98. The minimum absolute atomic E-state index is 0.135. The summed E-state index contributed by atoms with van der Waals surface area (Å²) in [4.78, 5) is 7.56. The van der Waals surface area contributed by atoms with E-state index in [1.54, 1.807) is 0 Å². The first-order valence-corrected chi connectivity index (χ1v) is 5.50. The molecule has 0 spiro atoms. The molecule has 0 atom stereocenters. The molecule has 0 aliphatic rings. The van der Waals surface area contributed by atoms with E-state index in [1.165, 1.54) is 6.33 Å². The van der Waals surface area contributed by atoms with E-state index >= 15 is 0 Å². The van der Waals surface area contributed by atoms with E-state index in [1.807, 2.05) is 6.92 Å². The fraction of sp³-hybridized carbons (Fsp3) is 0.600. The lowest BCUT2D eigenvalue weighted by Gasteiger charge is -2.11. The van der Waals surface area contributed by atoms with Crippen molar-refractivity contribution < 1.29 is 17.9 Å². The minimum Gasteiger partial charge on any atom is -0.477 e. The van der Waals surface area contributed by atoms with Crippen molar-refractivity contribution in [1.82, 2.24) is 9.97 Å². The van der Waals surface area contributed by atoms with Gasteiger partial charge < -0.3 is 4.74 Å². The average Bonchev–Trinajstić information content (AvgIpc) is 2.21. The van der Waals surface area contributed by atoms with Crippen LogP contribution in [0.2, 0.25) is 5.15 Å². The molecule has 0 bridgehead atoms. The molecule has 0 aromatic carbocycles. The van der Waals surface area contributed by atoms with E-state index in [9.17, 15) is 13.2 Å². The zero-order chi connectivity index (χ0) is 12.9. The maximum atomic E-state index is 11.9. The normalized spacial score (nSPS) is 11.6. The Morgan fingerprint density at radius 2 is 2.06 bits per heavy atom. The van der Waals surface area contributed by atoms with E-state index in [4.69, 9.17) is 16.3 Å². The summed E-state index contributed by atoms with van der Waals surface area (Å²) in [6.07, 6.45) is -2.73. The van der Waals surface area contributed by atoms with Gasteiger partial charge in [-0.05, 0) is 6.42 Å². The standard InChI is InChI=1S/C10H12ClF3N2O/c1-2-3-7-8(11)15-6-16-9(7)17-5-4-10(12,13)14/h6H,2-5H2,1H3. The van der Waals surface area contributed by atoms with Crippen LogP contribution in [0.5, 0.6) is 5.88 Å². The predicted octanol–water partition coefficient (Wildman–Crippen LogP) is 3.41. The lowest BCUT2D eigenvalue weighted by atomic mass is 10.2. The Morgan fingerprint density at radius 1 is 1.35 bits per heavy atom. The first kappa shape index (κ1) is 14.0. The summed E-state index contributed by atoms with van der Waals surface area (Å²) in [5, 5.41) is 0.226. The molecule has 17 heavy (non-hydrogen) atoms. The number of hydrogen-bond acceptors (Lipinski definition) is 3. The second-order valence-corrected chi connectivity index (χ2v) is 3.77. The highest BCUT2D eigenvalue weighted by molar-refractivity contribution is 6.30. The molecule has 0 aliphatic carbocycles. The molecule has 0 unspecified atom stereocenters. The number of hydrogen-bond donors (Lipinski definition) is 0. The largest absolute Gasteiger partial charge is 0.477 e. The van der Waals surface area contributed by atoms with Crippen molar-refractivity contribution in [2.75, 3.05) is 6.61 Å². The molecule has 0 amide bonds. The molecule has 7 heteroatoms. The fourth-order valence-corrected chi connectivity index (χ4v) is 1.44. The topological polar surface area (TPSA) is 35.0 Å². The Bertz CT molecular complexity index is 371. The van der Waals surface area contributed by atoms with Crippen molar-refractivity contribution in [3.8, 4) is 5.88 Å². The minimum atomic E-state index is -4.23. The van der Waals surface area contributed by atoms with Crippen molar-refractivity contribution in [1.29, 1.82) is 0 Å². The Morgan fingerprint density at radius 3 is 2.65 bits per heavy atom. The number of ether oxygens (including phenoxy) is 1. The van der Waals surface area contributed by atoms with E-state index in [-0.39, 0.29) is 11.0 Å². The van der Waals surface area contributed by atoms with Gasteiger partial charge in [0.1, 0.15) is 11.5 Å². The van der Waals surface area contributed by atoms with Crippen molar-refractivity contribution >= 4 is 11.6 Å². The number of nitrogens with zero attached hydrogens (tertiary/aromatic N) is 2. The number of halogens is 4. The first-order chi connectivity index (χ1) is 7.94. The lowest BCUT2D eigenvalue weighted by Crippen LogP contribution is -2.14. The molecular formula is C10H12ClF3N2O. The zero-order valence-corrected chi connectivity index (χ0v) is 9.98. The van der Waals surface area contributed by atoms with Gasteiger partial charge >= 0.3 is 6.18 Å². The van der Waals surface area contributed by atoms with Crippen LogP contribution in [0, 0.1) is 0 Å². The predicted molar refractivity (Wildman–Crippen MR) is 57.2 cm³/mol. The van der Waals surface area contributed by atoms with Gasteiger partial charge in [-0.2, -0.15) is 13.2 Å². The van der Waals surface area contributed by atoms with Crippen molar-refractivity contribution in [3.05, 3.63) is 17.0 Å². The van der Waals surface area contributed by atoms with Crippen LogP contribution in [-0.2, 0) is 6.42 Å². The monoisotopic (exact) mass is 268 g/mol. The summed E-state index contributed by atoms with van der Waals surface area (Å²) in [6.45, 7) is 1.45. The fourth-order valence-electron chi connectivity index (χ4n) is 1.22. The van der Waals surface area contributed by atoms with Gasteiger partial charge in [-0.15, -0.1) is 0 Å². The van der Waals surface area contributed by atoms with E-state index in [0.29, 0.717) is 12.0 Å². The highest BCUT2D eigenvalue weighted by Crippen LogP contribution is 2.25. The molecule has 1 rings (SSSR count). The SMILES string of the molecule is CCCc1c(Cl)ncnc1OCCC(F)(F)F. The third-order valence-corrected chi connectivity index (χ3v) is 2.30. The Labute approximate surface area is 102 Å². The van der Waals surface area contributed by atoms with E-state index in [0.717, 1.165) is 6.42 Å². The highest BCUT2D eigenvalue weighted by atomic mass is 35.5. The maximum Gasteiger partial charge on any atom is 0.392 e. The van der Waals surface area contributed by atoms with Crippen molar-refractivity contribution in [2.45, 2.75) is 32.4 Å². The molecule has 0 radical (unpaired) electrons. The molecule has 0 aliphatic heterocycles. The zero-order valence-electron chi connectivity index (χ0n) is 9.22. The molecule has 0 fully saturated rings. The second-order valence-electron chi connectivity index (χ2n) is 3.41. The summed E-state index contributed by atoms with van der Waals surface area (Å²) in [6, 6.07) is 0. The molecule has 0 saturated carbocycles. The molecule has 1 aromatic rings. The van der Waals surface area contributed by atoms with Crippen LogP contribution < -0.4 is 4.74 Å². The van der Waals surface area contributed by atoms with Gasteiger partial charge in [-0.1, -0.05) is 24.9 Å². The molecule has 96 valence electrons. The Balaban J connectivity index is 2.67. The van der Waals surface area contributed by atoms with Crippen LogP contribution in [0.25, 0.3) is 0 Å². The highest BCUT2D eigenvalue weighted by Gasteiger charge is 2.27. The van der Waals surface area contributed by atoms with Gasteiger partial charge in [0.15, 0.2) is 0 Å². The summed E-state index contributed by atoms with van der Waals surface area (Å²) >= 11 is 5.82. The quantitative estimate of drug-likeness (QED) is 0.768. The van der Waals surface area contributed by atoms with Crippen molar-refractivity contribution in [3.63, 3.8) is 0 Å². The number of aromatic nitrogens is 2. The first-order valence-electron chi connectivity index (χ1n) is 5.13. The summed E-state index contributed by atoms with van der Waals surface area (Å²) in [7, 11) is 0. The molecule has 0 saturated heterocycles. The number of rotatable bonds is 5. The van der Waals surface area contributed by atoms with E-state index < -0.39 is 19.2 Å². The van der Waals surface area contributed by atoms with Crippen LogP contribution >= 0.6 is 11.6 Å². The Hall–Kier alpha value is -1.04. The van der Waals surface area contributed by atoms with Crippen LogP contribution in [0.3, 0.4) is 0 Å². The maximum absolute atomic E-state index is 11.9. The van der Waals surface area contributed by atoms with Gasteiger partial charge in [0.2, 0.25) is 5.88 Å². The van der Waals surface area contributed by atoms with E-state index in [2.05, 4.69) is 9.97 Å².